The van der Waals surface area contributed by atoms with Crippen LogP contribution in [0.15, 0.2) is 42.5 Å². The maximum Gasteiger partial charge on any atom is 0.337 e. The van der Waals surface area contributed by atoms with Gasteiger partial charge in [-0.25, -0.2) is 18.0 Å². The topological polar surface area (TPSA) is 136 Å². The van der Waals surface area contributed by atoms with Gasteiger partial charge in [-0.2, -0.15) is 0 Å². The summed E-state index contributed by atoms with van der Waals surface area (Å²) in [6, 6.07) is 9.65. The van der Waals surface area contributed by atoms with Crippen molar-refractivity contribution in [1.82, 2.24) is 4.90 Å². The highest BCUT2D eigenvalue weighted by molar-refractivity contribution is 7.90. The van der Waals surface area contributed by atoms with Gasteiger partial charge in [0.15, 0.2) is 0 Å². The molecule has 0 aliphatic carbocycles. The summed E-state index contributed by atoms with van der Waals surface area (Å²) < 4.78 is 33.0. The minimum Gasteiger partial charge on any atom is -0.465 e. The Hall–Kier alpha value is -3.73. The van der Waals surface area contributed by atoms with Crippen LogP contribution in [0.5, 0.6) is 0 Å². The van der Waals surface area contributed by atoms with Crippen LogP contribution in [0, 0.1) is 0 Å². The molecule has 0 radical (unpaired) electrons. The van der Waals surface area contributed by atoms with Crippen molar-refractivity contribution < 1.29 is 37.1 Å². The number of anilines is 1. The second-order valence-electron chi connectivity index (χ2n) is 7.80. The molecular formula is C23H24N2O8S. The Labute approximate surface area is 196 Å². The molecule has 0 spiro atoms. The van der Waals surface area contributed by atoms with Crippen molar-refractivity contribution in [2.75, 3.05) is 31.5 Å². The lowest BCUT2D eigenvalue weighted by Gasteiger charge is -2.27. The minimum atomic E-state index is -3.42. The predicted molar refractivity (Wildman–Crippen MR) is 122 cm³/mol. The zero-order valence-electron chi connectivity index (χ0n) is 18.9. The van der Waals surface area contributed by atoms with Gasteiger partial charge in [-0.05, 0) is 36.2 Å². The van der Waals surface area contributed by atoms with Gasteiger partial charge in [0, 0.05) is 24.1 Å². The zero-order chi connectivity index (χ0) is 25.0. The Bertz CT molecular complexity index is 1220. The van der Waals surface area contributed by atoms with E-state index in [9.17, 15) is 27.6 Å². The number of nitrogens with zero attached hydrogens (tertiary/aromatic N) is 1. The van der Waals surface area contributed by atoms with Crippen molar-refractivity contribution in [3.05, 3.63) is 64.7 Å². The normalized spacial score (nSPS) is 13.7. The second-order valence-corrected chi connectivity index (χ2v) is 10.1. The first-order chi connectivity index (χ1) is 16.0. The van der Waals surface area contributed by atoms with Gasteiger partial charge in [0.05, 0.1) is 31.1 Å². The fraction of sp³-hybridized carbons (Fsp3) is 0.304. The molecule has 1 aliphatic heterocycles. The van der Waals surface area contributed by atoms with E-state index in [0.717, 1.165) is 11.8 Å². The summed E-state index contributed by atoms with van der Waals surface area (Å²) in [5.74, 6) is -2.84. The molecule has 34 heavy (non-hydrogen) atoms. The van der Waals surface area contributed by atoms with Crippen molar-refractivity contribution in [1.29, 1.82) is 0 Å². The smallest absolute Gasteiger partial charge is 0.337 e. The second kappa shape index (κ2) is 10.0. The number of carbonyl (C=O) groups is 4. The molecule has 1 N–H and O–H groups in total. The number of amides is 2. The van der Waals surface area contributed by atoms with Crippen LogP contribution in [-0.2, 0) is 30.7 Å². The summed E-state index contributed by atoms with van der Waals surface area (Å²) >= 11 is 0. The monoisotopic (exact) mass is 488 g/mol. The van der Waals surface area contributed by atoms with Crippen LogP contribution in [0.1, 0.15) is 43.1 Å². The largest absolute Gasteiger partial charge is 0.465 e. The molecule has 1 atom stereocenters. The molecule has 0 aromatic heterocycles. The first-order valence-electron chi connectivity index (χ1n) is 10.2. The maximum absolute atomic E-state index is 13.3. The number of fused-ring (bicyclic) bond motifs is 1. The van der Waals surface area contributed by atoms with Gasteiger partial charge in [-0.1, -0.05) is 18.2 Å². The third-order valence-electron chi connectivity index (χ3n) is 5.33. The number of sulfone groups is 1. The Morgan fingerprint density at radius 3 is 2.15 bits per heavy atom. The van der Waals surface area contributed by atoms with E-state index in [1.54, 1.807) is 24.3 Å². The average molecular weight is 489 g/mol. The van der Waals surface area contributed by atoms with Gasteiger partial charge in [-0.15, -0.1) is 0 Å². The number of hydrogen-bond acceptors (Lipinski definition) is 8. The van der Waals surface area contributed by atoms with Crippen LogP contribution >= 0.6 is 0 Å². The first kappa shape index (κ1) is 24.9. The molecule has 2 aromatic rings. The molecule has 0 bridgehead atoms. The van der Waals surface area contributed by atoms with Crippen LogP contribution in [-0.4, -0.2) is 69.3 Å². The highest BCUT2D eigenvalue weighted by Crippen LogP contribution is 2.27. The van der Waals surface area contributed by atoms with E-state index in [2.05, 4.69) is 5.32 Å². The van der Waals surface area contributed by atoms with E-state index in [0.29, 0.717) is 5.56 Å². The molecule has 0 saturated heterocycles. The number of carbonyl (C=O) groups excluding carboxylic acids is 4. The van der Waals surface area contributed by atoms with Crippen molar-refractivity contribution in [2.24, 2.45) is 0 Å². The Morgan fingerprint density at radius 2 is 1.62 bits per heavy atom. The van der Waals surface area contributed by atoms with Gasteiger partial charge in [-0.3, -0.25) is 9.59 Å². The molecule has 2 amide bonds. The number of esters is 2. The standard InChI is InChI=1S/C23H24N2O8S/c1-32-22(28)15-10-16(23(29)33-2)12-17(11-15)24-20(26)19(8-9-34(3,30)31)25-13-14-6-4-5-7-18(14)21(25)27/h4-7,10-12,19H,8-9,13H2,1-3H3,(H,24,26)/t19-/m0/s1. The van der Waals surface area contributed by atoms with E-state index in [1.165, 1.54) is 37.3 Å². The van der Waals surface area contributed by atoms with Crippen molar-refractivity contribution in [3.63, 3.8) is 0 Å². The third-order valence-corrected chi connectivity index (χ3v) is 6.31. The zero-order valence-corrected chi connectivity index (χ0v) is 19.7. The highest BCUT2D eigenvalue weighted by atomic mass is 32.2. The van der Waals surface area contributed by atoms with Crippen LogP contribution in [0.4, 0.5) is 5.69 Å². The Morgan fingerprint density at radius 1 is 1.03 bits per heavy atom. The van der Waals surface area contributed by atoms with Crippen molar-refractivity contribution >= 4 is 39.3 Å². The lowest BCUT2D eigenvalue weighted by atomic mass is 10.1. The van der Waals surface area contributed by atoms with Crippen molar-refractivity contribution in [2.45, 2.75) is 19.0 Å². The van der Waals surface area contributed by atoms with Gasteiger partial charge in [0.25, 0.3) is 5.91 Å². The number of benzene rings is 2. The molecule has 11 heteroatoms. The first-order valence-corrected chi connectivity index (χ1v) is 12.3. The Kier molecular flexibility index (Phi) is 7.35. The number of nitrogens with one attached hydrogen (secondary N) is 1. The summed E-state index contributed by atoms with van der Waals surface area (Å²) in [6.07, 6.45) is 0.913. The summed E-state index contributed by atoms with van der Waals surface area (Å²) in [5.41, 5.74) is 1.25. The molecule has 1 aliphatic rings. The SMILES string of the molecule is COC(=O)c1cc(NC(=O)[C@H](CCS(C)(=O)=O)N2Cc3ccccc3C2=O)cc(C(=O)OC)c1. The number of methoxy groups -OCH3 is 2. The lowest BCUT2D eigenvalue weighted by molar-refractivity contribution is -0.120. The van der Waals surface area contributed by atoms with E-state index in [4.69, 9.17) is 9.47 Å². The average Bonchev–Trinajstić information content (AvgIpc) is 3.13. The molecule has 3 rings (SSSR count). The van der Waals surface area contributed by atoms with E-state index in [-0.39, 0.29) is 41.4 Å². The minimum absolute atomic E-state index is 0.00181. The van der Waals surface area contributed by atoms with Gasteiger partial charge < -0.3 is 19.7 Å². The molecule has 2 aromatic carbocycles. The third kappa shape index (κ3) is 5.60. The highest BCUT2D eigenvalue weighted by Gasteiger charge is 2.36. The summed E-state index contributed by atoms with van der Waals surface area (Å²) in [4.78, 5) is 51.6. The van der Waals surface area contributed by atoms with Gasteiger partial charge in [0.2, 0.25) is 5.91 Å². The van der Waals surface area contributed by atoms with Crippen LogP contribution in [0.2, 0.25) is 0 Å². The molecule has 0 fully saturated rings. The fourth-order valence-electron chi connectivity index (χ4n) is 3.68. The van der Waals surface area contributed by atoms with E-state index >= 15 is 0 Å². The fourth-order valence-corrected chi connectivity index (χ4v) is 4.33. The molecule has 180 valence electrons. The van der Waals surface area contributed by atoms with E-state index in [1.807, 2.05) is 0 Å². The van der Waals surface area contributed by atoms with E-state index < -0.39 is 33.7 Å². The lowest BCUT2D eigenvalue weighted by Crippen LogP contribution is -2.45. The van der Waals surface area contributed by atoms with Gasteiger partial charge >= 0.3 is 11.9 Å². The van der Waals surface area contributed by atoms with Gasteiger partial charge in [0.1, 0.15) is 15.9 Å². The van der Waals surface area contributed by atoms with Crippen molar-refractivity contribution in [3.8, 4) is 0 Å². The predicted octanol–water partition coefficient (Wildman–Crippen LogP) is 1.66. The summed E-state index contributed by atoms with van der Waals surface area (Å²) in [5, 5.41) is 2.60. The molecule has 1 heterocycles. The Balaban J connectivity index is 1.94. The summed E-state index contributed by atoms with van der Waals surface area (Å²) in [7, 11) is -1.08. The van der Waals surface area contributed by atoms with Crippen LogP contribution in [0.3, 0.4) is 0 Å². The quantitative estimate of drug-likeness (QED) is 0.554. The molecule has 0 saturated carbocycles. The maximum atomic E-state index is 13.3. The molecule has 10 nitrogen and oxygen atoms in total. The summed E-state index contributed by atoms with van der Waals surface area (Å²) in [6.45, 7) is 0.145. The number of rotatable bonds is 8. The molecule has 0 unspecified atom stereocenters. The van der Waals surface area contributed by atoms with Crippen LogP contribution < -0.4 is 5.32 Å². The number of hydrogen-bond donors (Lipinski definition) is 1. The van der Waals surface area contributed by atoms with Crippen LogP contribution in [0.25, 0.3) is 0 Å². The molecular weight excluding hydrogens is 464 g/mol. The number of ether oxygens (including phenoxy) is 2.